The Hall–Kier alpha value is -2.27. The maximum Gasteiger partial charge on any atom is 0.255 e. The number of nitrogens with two attached hydrogens (primary N) is 1. The van der Waals surface area contributed by atoms with Crippen LogP contribution in [-0.4, -0.2) is 12.5 Å². The van der Waals surface area contributed by atoms with Gasteiger partial charge in [0.05, 0.1) is 0 Å². The molecule has 0 heterocycles. The average Bonchev–Trinajstić information content (AvgIpc) is 2.43. The first-order valence-corrected chi connectivity index (χ1v) is 6.16. The first-order valence-electron chi connectivity index (χ1n) is 6.16. The van der Waals surface area contributed by atoms with Crippen LogP contribution in [-0.2, 0) is 6.42 Å². The van der Waals surface area contributed by atoms with Crippen LogP contribution < -0.4 is 11.1 Å². The minimum absolute atomic E-state index is 0.332. The van der Waals surface area contributed by atoms with Crippen LogP contribution in [0.15, 0.2) is 42.5 Å². The number of carbonyl (C=O) groups is 1. The minimum Gasteiger partial charge on any atom is -0.330 e. The zero-order chi connectivity index (χ0) is 14.5. The second-order valence-electron chi connectivity index (χ2n) is 4.29. The Kier molecular flexibility index (Phi) is 4.42. The molecule has 2 rings (SSSR count). The van der Waals surface area contributed by atoms with Gasteiger partial charge in [0, 0.05) is 5.56 Å². The van der Waals surface area contributed by atoms with Crippen molar-refractivity contribution in [1.29, 1.82) is 0 Å². The molecule has 0 aliphatic rings. The van der Waals surface area contributed by atoms with Gasteiger partial charge in [0.1, 0.15) is 17.3 Å². The van der Waals surface area contributed by atoms with Gasteiger partial charge in [-0.1, -0.05) is 18.2 Å². The van der Waals surface area contributed by atoms with Gasteiger partial charge in [0.15, 0.2) is 0 Å². The van der Waals surface area contributed by atoms with Crippen molar-refractivity contribution >= 4 is 11.6 Å². The molecule has 5 heteroatoms. The molecule has 20 heavy (non-hydrogen) atoms. The van der Waals surface area contributed by atoms with E-state index in [1.807, 2.05) is 6.07 Å². The van der Waals surface area contributed by atoms with Crippen molar-refractivity contribution in [2.24, 2.45) is 5.73 Å². The van der Waals surface area contributed by atoms with E-state index in [0.29, 0.717) is 18.5 Å². The van der Waals surface area contributed by atoms with Crippen LogP contribution in [0.25, 0.3) is 0 Å². The summed E-state index contributed by atoms with van der Waals surface area (Å²) < 4.78 is 26.9. The number of anilines is 1. The fourth-order valence-corrected chi connectivity index (χ4v) is 1.84. The summed E-state index contributed by atoms with van der Waals surface area (Å²) in [5, 5.41) is 2.24. The highest BCUT2D eigenvalue weighted by Crippen LogP contribution is 2.19. The first kappa shape index (κ1) is 14.1. The lowest BCUT2D eigenvalue weighted by atomic mass is 10.1. The molecule has 3 N–H and O–H groups in total. The SMILES string of the molecule is NCCc1cccc(C(=O)Nc2c(F)cccc2F)c1. The largest absolute Gasteiger partial charge is 0.330 e. The van der Waals surface area contributed by atoms with Crippen LogP contribution in [0.4, 0.5) is 14.5 Å². The van der Waals surface area contributed by atoms with E-state index in [2.05, 4.69) is 5.32 Å². The quantitative estimate of drug-likeness (QED) is 0.902. The number of hydrogen-bond acceptors (Lipinski definition) is 2. The molecule has 0 saturated heterocycles. The highest BCUT2D eigenvalue weighted by atomic mass is 19.1. The lowest BCUT2D eigenvalue weighted by Crippen LogP contribution is -2.15. The standard InChI is InChI=1S/C15H14F2N2O/c16-12-5-2-6-13(17)14(12)19-15(20)11-4-1-3-10(9-11)7-8-18/h1-6,9H,7-8,18H2,(H,19,20). The first-order chi connectivity index (χ1) is 9.61. The molecule has 0 aliphatic carbocycles. The third-order valence-corrected chi connectivity index (χ3v) is 2.82. The van der Waals surface area contributed by atoms with Gasteiger partial charge in [0.2, 0.25) is 0 Å². The van der Waals surface area contributed by atoms with E-state index in [4.69, 9.17) is 5.73 Å². The monoisotopic (exact) mass is 276 g/mol. The van der Waals surface area contributed by atoms with E-state index in [0.717, 1.165) is 17.7 Å². The third kappa shape index (κ3) is 3.19. The number of amides is 1. The highest BCUT2D eigenvalue weighted by Gasteiger charge is 2.13. The number of hydrogen-bond donors (Lipinski definition) is 2. The molecule has 0 unspecified atom stereocenters. The molecule has 0 aliphatic heterocycles. The number of para-hydroxylation sites is 1. The Morgan fingerprint density at radius 2 is 1.75 bits per heavy atom. The van der Waals surface area contributed by atoms with Crippen molar-refractivity contribution < 1.29 is 13.6 Å². The fourth-order valence-electron chi connectivity index (χ4n) is 1.84. The Balaban J connectivity index is 2.22. The maximum absolute atomic E-state index is 13.5. The number of rotatable bonds is 4. The number of benzene rings is 2. The van der Waals surface area contributed by atoms with Crippen LogP contribution >= 0.6 is 0 Å². The van der Waals surface area contributed by atoms with Crippen molar-refractivity contribution in [3.63, 3.8) is 0 Å². The predicted molar refractivity (Wildman–Crippen MR) is 73.5 cm³/mol. The Morgan fingerprint density at radius 1 is 1.10 bits per heavy atom. The van der Waals surface area contributed by atoms with Gasteiger partial charge in [0.25, 0.3) is 5.91 Å². The Morgan fingerprint density at radius 3 is 2.40 bits per heavy atom. The summed E-state index contributed by atoms with van der Waals surface area (Å²) in [4.78, 5) is 12.0. The molecule has 0 saturated carbocycles. The molecule has 0 spiro atoms. The van der Waals surface area contributed by atoms with E-state index >= 15 is 0 Å². The normalized spacial score (nSPS) is 10.3. The summed E-state index contributed by atoms with van der Waals surface area (Å²) in [6.07, 6.45) is 0.634. The van der Waals surface area contributed by atoms with Gasteiger partial charge in [-0.25, -0.2) is 8.78 Å². The van der Waals surface area contributed by atoms with Crippen LogP contribution in [0.5, 0.6) is 0 Å². The number of nitrogens with one attached hydrogen (secondary N) is 1. The van der Waals surface area contributed by atoms with Crippen molar-refractivity contribution in [1.82, 2.24) is 0 Å². The van der Waals surface area contributed by atoms with E-state index in [1.54, 1.807) is 18.2 Å². The minimum atomic E-state index is -0.809. The van der Waals surface area contributed by atoms with Crippen molar-refractivity contribution in [3.05, 3.63) is 65.2 Å². The molecule has 2 aromatic carbocycles. The van der Waals surface area contributed by atoms with E-state index in [9.17, 15) is 13.6 Å². The van der Waals surface area contributed by atoms with Crippen molar-refractivity contribution in [3.8, 4) is 0 Å². The van der Waals surface area contributed by atoms with Gasteiger partial charge in [-0.3, -0.25) is 4.79 Å². The highest BCUT2D eigenvalue weighted by molar-refractivity contribution is 6.04. The van der Waals surface area contributed by atoms with Gasteiger partial charge in [-0.2, -0.15) is 0 Å². The zero-order valence-corrected chi connectivity index (χ0v) is 10.7. The molecule has 104 valence electrons. The molecule has 0 fully saturated rings. The summed E-state index contributed by atoms with van der Waals surface area (Å²) in [7, 11) is 0. The van der Waals surface area contributed by atoms with Gasteiger partial charge in [-0.15, -0.1) is 0 Å². The topological polar surface area (TPSA) is 55.1 Å². The van der Waals surface area contributed by atoms with Crippen LogP contribution in [0, 0.1) is 11.6 Å². The summed E-state index contributed by atoms with van der Waals surface area (Å²) in [6, 6.07) is 10.2. The smallest absolute Gasteiger partial charge is 0.255 e. The molecule has 1 amide bonds. The lowest BCUT2D eigenvalue weighted by Gasteiger charge is -2.08. The molecular formula is C15H14F2N2O. The molecule has 0 bridgehead atoms. The lowest BCUT2D eigenvalue weighted by molar-refractivity contribution is 0.102. The van der Waals surface area contributed by atoms with Gasteiger partial charge >= 0.3 is 0 Å². The summed E-state index contributed by atoms with van der Waals surface area (Å²) in [5.41, 5.74) is 6.24. The number of halogens is 2. The maximum atomic E-state index is 13.5. The predicted octanol–water partition coefficient (Wildman–Crippen LogP) is 2.72. The Bertz CT molecular complexity index is 609. The van der Waals surface area contributed by atoms with Crippen molar-refractivity contribution in [2.45, 2.75) is 6.42 Å². The van der Waals surface area contributed by atoms with Crippen LogP contribution in [0.3, 0.4) is 0 Å². The molecular weight excluding hydrogens is 262 g/mol. The van der Waals surface area contributed by atoms with E-state index in [-0.39, 0.29) is 0 Å². The van der Waals surface area contributed by atoms with E-state index in [1.165, 1.54) is 6.07 Å². The van der Waals surface area contributed by atoms with E-state index < -0.39 is 23.2 Å². The van der Waals surface area contributed by atoms with Crippen LogP contribution in [0.1, 0.15) is 15.9 Å². The molecule has 2 aromatic rings. The van der Waals surface area contributed by atoms with Gasteiger partial charge < -0.3 is 11.1 Å². The second kappa shape index (κ2) is 6.25. The summed E-state index contributed by atoms with van der Waals surface area (Å²) in [6.45, 7) is 0.465. The zero-order valence-electron chi connectivity index (χ0n) is 10.7. The molecule has 3 nitrogen and oxygen atoms in total. The fraction of sp³-hybridized carbons (Fsp3) is 0.133. The Labute approximate surface area is 115 Å². The van der Waals surface area contributed by atoms with Crippen molar-refractivity contribution in [2.75, 3.05) is 11.9 Å². The number of carbonyl (C=O) groups excluding carboxylic acids is 1. The summed E-state index contributed by atoms with van der Waals surface area (Å²) in [5.74, 6) is -2.18. The van der Waals surface area contributed by atoms with Gasteiger partial charge in [-0.05, 0) is 42.8 Å². The third-order valence-electron chi connectivity index (χ3n) is 2.82. The molecule has 0 radical (unpaired) electrons. The van der Waals surface area contributed by atoms with Crippen LogP contribution in [0.2, 0.25) is 0 Å². The molecule has 0 atom stereocenters. The second-order valence-corrected chi connectivity index (χ2v) is 4.29. The molecule has 0 aromatic heterocycles. The average molecular weight is 276 g/mol. The summed E-state index contributed by atoms with van der Waals surface area (Å²) >= 11 is 0.